The molecule has 0 aliphatic heterocycles. The van der Waals surface area contributed by atoms with E-state index in [1.807, 2.05) is 0 Å². The van der Waals surface area contributed by atoms with Crippen LogP contribution in [0.25, 0.3) is 0 Å². The zero-order valence-electron chi connectivity index (χ0n) is 12.2. The van der Waals surface area contributed by atoms with E-state index in [4.69, 9.17) is 11.5 Å². The maximum absolute atomic E-state index is 6.30. The van der Waals surface area contributed by atoms with Crippen molar-refractivity contribution in [3.05, 3.63) is 0 Å². The van der Waals surface area contributed by atoms with Gasteiger partial charge in [0.25, 0.3) is 0 Å². The van der Waals surface area contributed by atoms with Crippen LogP contribution in [0.15, 0.2) is 0 Å². The molecule has 0 aromatic heterocycles. The fraction of sp³-hybridized carbons (Fsp3) is 1.00. The third kappa shape index (κ3) is 3.71. The van der Waals surface area contributed by atoms with E-state index in [1.54, 1.807) is 0 Å². The van der Waals surface area contributed by atoms with Crippen LogP contribution in [0.1, 0.15) is 71.1 Å². The van der Waals surface area contributed by atoms with Crippen molar-refractivity contribution in [3.63, 3.8) is 0 Å². The van der Waals surface area contributed by atoms with E-state index < -0.39 is 0 Å². The SMILES string of the molecule is CC(N)(CN)C1CCC(CC2CCCCC2)CC1. The second-order valence-electron chi connectivity index (χ2n) is 7.17. The summed E-state index contributed by atoms with van der Waals surface area (Å²) >= 11 is 0. The van der Waals surface area contributed by atoms with Gasteiger partial charge >= 0.3 is 0 Å². The third-order valence-electron chi connectivity index (χ3n) is 5.61. The minimum absolute atomic E-state index is 0.129. The average Bonchev–Trinajstić information content (AvgIpc) is 2.40. The zero-order valence-corrected chi connectivity index (χ0v) is 12.2. The monoisotopic (exact) mass is 252 g/mol. The number of hydrogen-bond donors (Lipinski definition) is 2. The van der Waals surface area contributed by atoms with Crippen molar-refractivity contribution in [2.24, 2.45) is 29.2 Å². The molecule has 2 aliphatic carbocycles. The molecule has 0 amide bonds. The Hall–Kier alpha value is -0.0800. The molecule has 2 nitrogen and oxygen atoms in total. The van der Waals surface area contributed by atoms with Crippen LogP contribution >= 0.6 is 0 Å². The largest absolute Gasteiger partial charge is 0.329 e. The van der Waals surface area contributed by atoms with E-state index in [2.05, 4.69) is 6.92 Å². The Morgan fingerprint density at radius 1 is 0.889 bits per heavy atom. The Morgan fingerprint density at radius 2 is 1.44 bits per heavy atom. The molecule has 106 valence electrons. The maximum Gasteiger partial charge on any atom is 0.0278 e. The van der Waals surface area contributed by atoms with Crippen LogP contribution in [0.4, 0.5) is 0 Å². The minimum Gasteiger partial charge on any atom is -0.329 e. The second-order valence-corrected chi connectivity index (χ2v) is 7.17. The van der Waals surface area contributed by atoms with Gasteiger partial charge in [-0.2, -0.15) is 0 Å². The highest BCUT2D eigenvalue weighted by atomic mass is 14.8. The summed E-state index contributed by atoms with van der Waals surface area (Å²) in [6.45, 7) is 2.77. The lowest BCUT2D eigenvalue weighted by Gasteiger charge is -2.39. The van der Waals surface area contributed by atoms with Gasteiger partial charge in [-0.15, -0.1) is 0 Å². The average molecular weight is 252 g/mol. The van der Waals surface area contributed by atoms with Crippen LogP contribution in [0.5, 0.6) is 0 Å². The molecule has 0 aromatic rings. The summed E-state index contributed by atoms with van der Waals surface area (Å²) in [4.78, 5) is 0. The molecule has 4 N–H and O–H groups in total. The summed E-state index contributed by atoms with van der Waals surface area (Å²) in [5, 5.41) is 0. The molecular weight excluding hydrogens is 220 g/mol. The maximum atomic E-state index is 6.30. The highest BCUT2D eigenvalue weighted by Crippen LogP contribution is 2.39. The van der Waals surface area contributed by atoms with Crippen molar-refractivity contribution in [2.45, 2.75) is 76.7 Å². The van der Waals surface area contributed by atoms with Crippen LogP contribution in [0.2, 0.25) is 0 Å². The predicted molar refractivity (Wildman–Crippen MR) is 78.3 cm³/mol. The predicted octanol–water partition coefficient (Wildman–Crippen LogP) is 3.44. The molecule has 18 heavy (non-hydrogen) atoms. The van der Waals surface area contributed by atoms with Crippen molar-refractivity contribution in [1.29, 1.82) is 0 Å². The molecule has 2 saturated carbocycles. The summed E-state index contributed by atoms with van der Waals surface area (Å²) in [6.07, 6.45) is 14.3. The quantitative estimate of drug-likeness (QED) is 0.805. The molecule has 0 radical (unpaired) electrons. The molecule has 1 unspecified atom stereocenters. The van der Waals surface area contributed by atoms with E-state index >= 15 is 0 Å². The molecule has 0 bridgehead atoms. The fourth-order valence-corrected chi connectivity index (χ4v) is 4.12. The minimum atomic E-state index is -0.129. The van der Waals surface area contributed by atoms with Gasteiger partial charge in [0.1, 0.15) is 0 Å². The van der Waals surface area contributed by atoms with E-state index in [1.165, 1.54) is 64.2 Å². The third-order valence-corrected chi connectivity index (χ3v) is 5.61. The van der Waals surface area contributed by atoms with Gasteiger partial charge in [0.05, 0.1) is 0 Å². The van der Waals surface area contributed by atoms with E-state index in [0.717, 1.165) is 11.8 Å². The van der Waals surface area contributed by atoms with Crippen molar-refractivity contribution in [3.8, 4) is 0 Å². The van der Waals surface area contributed by atoms with Crippen LogP contribution in [0, 0.1) is 17.8 Å². The lowest BCUT2D eigenvalue weighted by Crippen LogP contribution is -2.51. The van der Waals surface area contributed by atoms with Crippen LogP contribution in [-0.2, 0) is 0 Å². The van der Waals surface area contributed by atoms with Crippen molar-refractivity contribution in [1.82, 2.24) is 0 Å². The summed E-state index contributed by atoms with van der Waals surface area (Å²) in [6, 6.07) is 0. The van der Waals surface area contributed by atoms with Crippen molar-refractivity contribution < 1.29 is 0 Å². The standard InChI is InChI=1S/C16H32N2/c1-16(18,12-17)15-9-7-14(8-10-15)11-13-5-3-2-4-6-13/h13-15H,2-12,17-18H2,1H3. The molecule has 0 spiro atoms. The molecule has 0 heterocycles. The summed E-state index contributed by atoms with van der Waals surface area (Å²) in [5.41, 5.74) is 12.0. The van der Waals surface area contributed by atoms with Gasteiger partial charge in [-0.1, -0.05) is 44.9 Å². The van der Waals surface area contributed by atoms with E-state index in [9.17, 15) is 0 Å². The highest BCUT2D eigenvalue weighted by Gasteiger charge is 2.33. The molecule has 0 aromatic carbocycles. The van der Waals surface area contributed by atoms with Gasteiger partial charge in [0.2, 0.25) is 0 Å². The van der Waals surface area contributed by atoms with Gasteiger partial charge in [-0.05, 0) is 43.9 Å². The molecule has 2 aliphatic rings. The lowest BCUT2D eigenvalue weighted by atomic mass is 9.70. The van der Waals surface area contributed by atoms with Gasteiger partial charge in [-0.3, -0.25) is 0 Å². The molecule has 2 fully saturated rings. The van der Waals surface area contributed by atoms with Crippen molar-refractivity contribution >= 4 is 0 Å². The Balaban J connectivity index is 1.73. The Kier molecular flexibility index (Phi) is 5.08. The molecule has 2 rings (SSSR count). The topological polar surface area (TPSA) is 52.0 Å². The zero-order chi connectivity index (χ0) is 13.0. The first-order valence-electron chi connectivity index (χ1n) is 8.11. The van der Waals surface area contributed by atoms with Crippen LogP contribution in [-0.4, -0.2) is 12.1 Å². The summed E-state index contributed by atoms with van der Waals surface area (Å²) in [7, 11) is 0. The van der Waals surface area contributed by atoms with Crippen molar-refractivity contribution in [2.75, 3.05) is 6.54 Å². The Bertz CT molecular complexity index is 235. The van der Waals surface area contributed by atoms with E-state index in [-0.39, 0.29) is 5.54 Å². The van der Waals surface area contributed by atoms with Gasteiger partial charge in [0.15, 0.2) is 0 Å². The molecule has 1 atom stereocenters. The van der Waals surface area contributed by atoms with Gasteiger partial charge in [0, 0.05) is 12.1 Å². The lowest BCUT2D eigenvalue weighted by molar-refractivity contribution is 0.164. The van der Waals surface area contributed by atoms with E-state index in [0.29, 0.717) is 12.5 Å². The van der Waals surface area contributed by atoms with Gasteiger partial charge < -0.3 is 11.5 Å². The first-order valence-corrected chi connectivity index (χ1v) is 8.11. The number of nitrogens with two attached hydrogens (primary N) is 2. The smallest absolute Gasteiger partial charge is 0.0278 e. The molecule has 0 saturated heterocycles. The second kappa shape index (κ2) is 6.38. The van der Waals surface area contributed by atoms with Crippen LogP contribution in [0.3, 0.4) is 0 Å². The number of hydrogen-bond acceptors (Lipinski definition) is 2. The summed E-state index contributed by atoms with van der Waals surface area (Å²) in [5.74, 6) is 2.68. The fourth-order valence-electron chi connectivity index (χ4n) is 4.12. The normalized spacial score (nSPS) is 34.2. The first-order chi connectivity index (χ1) is 8.62. The van der Waals surface area contributed by atoms with Gasteiger partial charge in [-0.25, -0.2) is 0 Å². The first kappa shape index (κ1) is 14.3. The molecule has 2 heteroatoms. The Morgan fingerprint density at radius 3 is 2.00 bits per heavy atom. The Labute approximate surface area is 113 Å². The summed E-state index contributed by atoms with van der Waals surface area (Å²) < 4.78 is 0. The van der Waals surface area contributed by atoms with Crippen LogP contribution < -0.4 is 11.5 Å². The highest BCUT2D eigenvalue weighted by molar-refractivity contribution is 4.91. The molecular formula is C16H32N2. The number of rotatable bonds is 4.